The highest BCUT2D eigenvalue weighted by Gasteiger charge is 2.16. The molecule has 0 spiro atoms. The van der Waals surface area contributed by atoms with Gasteiger partial charge in [-0.3, -0.25) is 4.79 Å². The van der Waals surface area contributed by atoms with Crippen molar-refractivity contribution in [3.05, 3.63) is 88.0 Å². The van der Waals surface area contributed by atoms with Crippen LogP contribution in [0, 0.1) is 0 Å². The second-order valence-corrected chi connectivity index (χ2v) is 7.34. The maximum atomic E-state index is 12.3. The Hall–Kier alpha value is -2.88. The summed E-state index contributed by atoms with van der Waals surface area (Å²) in [5.41, 5.74) is 3.76. The van der Waals surface area contributed by atoms with E-state index in [1.165, 1.54) is 43.9 Å². The lowest BCUT2D eigenvalue weighted by molar-refractivity contribution is 0.173. The third kappa shape index (κ3) is 3.95. The van der Waals surface area contributed by atoms with Gasteiger partial charge in [0.25, 0.3) is 0 Å². The molecule has 1 aromatic heterocycles. The van der Waals surface area contributed by atoms with E-state index in [9.17, 15) is 10.0 Å². The number of rotatable bonds is 4. The Kier molecular flexibility index (Phi) is 5.05. The molecule has 0 amide bonds. The molecule has 2 aromatic carbocycles. The summed E-state index contributed by atoms with van der Waals surface area (Å²) in [7, 11) is 0. The Labute approximate surface area is 159 Å². The Balaban J connectivity index is 1.62. The van der Waals surface area contributed by atoms with Crippen LogP contribution in [0.25, 0.3) is 11.3 Å². The van der Waals surface area contributed by atoms with Crippen molar-refractivity contribution in [2.75, 3.05) is 0 Å². The molecule has 138 valence electrons. The molecular formula is C23H24N2O2. The fourth-order valence-corrected chi connectivity index (χ4v) is 3.93. The summed E-state index contributed by atoms with van der Waals surface area (Å²) in [5, 5.41) is 10.0. The maximum Gasteiger partial charge on any atom is 0.304 e. The monoisotopic (exact) mass is 360 g/mol. The Morgan fingerprint density at radius 1 is 0.963 bits per heavy atom. The summed E-state index contributed by atoms with van der Waals surface area (Å²) in [6, 6.07) is 18.1. The molecule has 1 fully saturated rings. The summed E-state index contributed by atoms with van der Waals surface area (Å²) in [6.07, 6.45) is 8.29. The van der Waals surface area contributed by atoms with E-state index in [1.807, 2.05) is 42.5 Å². The van der Waals surface area contributed by atoms with Gasteiger partial charge in [-0.1, -0.05) is 73.9 Å². The molecule has 3 aromatic rings. The molecule has 1 saturated carbocycles. The van der Waals surface area contributed by atoms with Gasteiger partial charge < -0.3 is 5.21 Å². The lowest BCUT2D eigenvalue weighted by atomic mass is 9.84. The first-order valence-electron chi connectivity index (χ1n) is 9.67. The normalized spacial score (nSPS) is 15.0. The lowest BCUT2D eigenvalue weighted by Crippen LogP contribution is -2.24. The van der Waals surface area contributed by atoms with Gasteiger partial charge in [-0.15, -0.1) is 0 Å². The van der Waals surface area contributed by atoms with E-state index in [4.69, 9.17) is 0 Å². The minimum atomic E-state index is -0.471. The summed E-state index contributed by atoms with van der Waals surface area (Å²) >= 11 is 0. The Bertz CT molecular complexity index is 956. The van der Waals surface area contributed by atoms with Gasteiger partial charge >= 0.3 is 5.56 Å². The molecule has 0 unspecified atom stereocenters. The van der Waals surface area contributed by atoms with E-state index in [2.05, 4.69) is 17.1 Å². The minimum absolute atomic E-state index is 0.345. The summed E-state index contributed by atoms with van der Waals surface area (Å²) in [5.74, 6) is 0.654. The van der Waals surface area contributed by atoms with Crippen LogP contribution in [0.2, 0.25) is 0 Å². The van der Waals surface area contributed by atoms with Crippen LogP contribution in [-0.2, 0) is 6.42 Å². The van der Waals surface area contributed by atoms with Crippen LogP contribution in [0.1, 0.15) is 54.8 Å². The molecule has 27 heavy (non-hydrogen) atoms. The van der Waals surface area contributed by atoms with Crippen LogP contribution in [-0.4, -0.2) is 14.9 Å². The van der Waals surface area contributed by atoms with Crippen molar-refractivity contribution >= 4 is 0 Å². The fraction of sp³-hybridized carbons (Fsp3) is 0.304. The third-order valence-corrected chi connectivity index (χ3v) is 5.45. The topological polar surface area (TPSA) is 55.1 Å². The molecule has 4 nitrogen and oxygen atoms in total. The molecule has 1 aliphatic rings. The van der Waals surface area contributed by atoms with Gasteiger partial charge in [0.15, 0.2) is 0 Å². The van der Waals surface area contributed by atoms with Gasteiger partial charge in [-0.25, -0.2) is 4.98 Å². The maximum absolute atomic E-state index is 12.3. The average Bonchev–Trinajstić information content (AvgIpc) is 2.73. The zero-order valence-corrected chi connectivity index (χ0v) is 15.3. The van der Waals surface area contributed by atoms with Crippen molar-refractivity contribution in [3.8, 4) is 11.3 Å². The molecule has 0 aliphatic heterocycles. The molecule has 1 N–H and O–H groups in total. The van der Waals surface area contributed by atoms with E-state index in [0.29, 0.717) is 28.5 Å². The van der Waals surface area contributed by atoms with Crippen LogP contribution in [0.15, 0.2) is 65.6 Å². The van der Waals surface area contributed by atoms with Crippen molar-refractivity contribution < 1.29 is 5.21 Å². The largest absolute Gasteiger partial charge is 0.425 e. The highest BCUT2D eigenvalue weighted by Crippen LogP contribution is 2.33. The molecule has 0 atom stereocenters. The van der Waals surface area contributed by atoms with Gasteiger partial charge in [0.1, 0.15) is 5.69 Å². The predicted octanol–water partition coefficient (Wildman–Crippen LogP) is 4.79. The van der Waals surface area contributed by atoms with Crippen LogP contribution in [0.5, 0.6) is 0 Å². The zero-order valence-electron chi connectivity index (χ0n) is 15.3. The number of hydrogen-bond donors (Lipinski definition) is 1. The molecule has 4 rings (SSSR count). The standard InChI is InChI=1S/C23H24N2O2/c26-23-21(15-17-7-3-1-4-8-17)24-22(16-25(23)27)20-13-11-19(12-14-20)18-9-5-2-6-10-18/h1,3-4,7-8,11-14,16,18,27H,2,5-6,9-10,15H2. The molecule has 4 heteroatoms. The van der Waals surface area contributed by atoms with Crippen molar-refractivity contribution in [1.82, 2.24) is 9.71 Å². The average molecular weight is 360 g/mol. The summed E-state index contributed by atoms with van der Waals surface area (Å²) < 4.78 is 0.648. The number of nitrogens with zero attached hydrogens (tertiary/aromatic N) is 2. The van der Waals surface area contributed by atoms with E-state index in [0.717, 1.165) is 11.1 Å². The van der Waals surface area contributed by atoms with Gasteiger partial charge in [0, 0.05) is 12.0 Å². The van der Waals surface area contributed by atoms with Gasteiger partial charge in [-0.2, -0.15) is 4.73 Å². The zero-order chi connectivity index (χ0) is 18.6. The first-order chi connectivity index (χ1) is 13.2. The van der Waals surface area contributed by atoms with Crippen molar-refractivity contribution in [2.24, 2.45) is 0 Å². The van der Waals surface area contributed by atoms with Crippen LogP contribution >= 0.6 is 0 Å². The van der Waals surface area contributed by atoms with Crippen molar-refractivity contribution in [3.63, 3.8) is 0 Å². The van der Waals surface area contributed by atoms with E-state index < -0.39 is 5.56 Å². The summed E-state index contributed by atoms with van der Waals surface area (Å²) in [6.45, 7) is 0. The molecule has 1 aliphatic carbocycles. The van der Waals surface area contributed by atoms with Crippen LogP contribution in [0.4, 0.5) is 0 Å². The molecule has 0 saturated heterocycles. The molecule has 0 bridgehead atoms. The first-order valence-corrected chi connectivity index (χ1v) is 9.67. The van der Waals surface area contributed by atoms with Gasteiger partial charge in [0.2, 0.25) is 0 Å². The smallest absolute Gasteiger partial charge is 0.304 e. The Morgan fingerprint density at radius 2 is 1.67 bits per heavy atom. The number of aromatic nitrogens is 2. The van der Waals surface area contributed by atoms with E-state index >= 15 is 0 Å². The SMILES string of the molecule is O=c1c(Cc2ccccc2)nc(-c2ccc(C3CCCCC3)cc2)cn1O. The quantitative estimate of drug-likeness (QED) is 0.681. The molecular weight excluding hydrogens is 336 g/mol. The third-order valence-electron chi connectivity index (χ3n) is 5.45. The second kappa shape index (κ2) is 7.78. The first kappa shape index (κ1) is 17.5. The molecule has 1 heterocycles. The minimum Gasteiger partial charge on any atom is -0.425 e. The highest BCUT2D eigenvalue weighted by atomic mass is 16.5. The van der Waals surface area contributed by atoms with Crippen LogP contribution < -0.4 is 5.56 Å². The van der Waals surface area contributed by atoms with Gasteiger partial charge in [-0.05, 0) is 29.9 Å². The summed E-state index contributed by atoms with van der Waals surface area (Å²) in [4.78, 5) is 16.8. The molecule has 0 radical (unpaired) electrons. The van der Waals surface area contributed by atoms with E-state index in [1.54, 1.807) is 0 Å². The number of hydrogen-bond acceptors (Lipinski definition) is 3. The van der Waals surface area contributed by atoms with Crippen LogP contribution in [0.3, 0.4) is 0 Å². The van der Waals surface area contributed by atoms with E-state index in [-0.39, 0.29) is 0 Å². The second-order valence-electron chi connectivity index (χ2n) is 7.34. The van der Waals surface area contributed by atoms with Crippen molar-refractivity contribution in [2.45, 2.75) is 44.4 Å². The predicted molar refractivity (Wildman–Crippen MR) is 106 cm³/mol. The Morgan fingerprint density at radius 3 is 2.37 bits per heavy atom. The lowest BCUT2D eigenvalue weighted by Gasteiger charge is -2.22. The fourth-order valence-electron chi connectivity index (χ4n) is 3.93. The highest BCUT2D eigenvalue weighted by molar-refractivity contribution is 5.59. The number of benzene rings is 2. The van der Waals surface area contributed by atoms with Crippen molar-refractivity contribution in [1.29, 1.82) is 0 Å². The van der Waals surface area contributed by atoms with Gasteiger partial charge in [0.05, 0.1) is 11.9 Å².